The third kappa shape index (κ3) is 3.51. The number of carbonyl (C=O) groups is 1. The SMILES string of the molecule is COC(=O)c1cccnc1NCCC(C)O. The van der Waals surface area contributed by atoms with Gasteiger partial charge in [0.2, 0.25) is 0 Å². The topological polar surface area (TPSA) is 71.5 Å². The lowest BCUT2D eigenvalue weighted by Crippen LogP contribution is -2.14. The van der Waals surface area contributed by atoms with Crippen molar-refractivity contribution in [3.8, 4) is 0 Å². The molecule has 0 amide bonds. The number of rotatable bonds is 5. The summed E-state index contributed by atoms with van der Waals surface area (Å²) in [4.78, 5) is 15.4. The molecule has 0 aromatic carbocycles. The van der Waals surface area contributed by atoms with Gasteiger partial charge in [0, 0.05) is 12.7 Å². The van der Waals surface area contributed by atoms with E-state index in [2.05, 4.69) is 15.0 Å². The van der Waals surface area contributed by atoms with Crippen molar-refractivity contribution in [2.45, 2.75) is 19.4 Å². The molecule has 88 valence electrons. The highest BCUT2D eigenvalue weighted by atomic mass is 16.5. The van der Waals surface area contributed by atoms with Crippen LogP contribution in [0.3, 0.4) is 0 Å². The van der Waals surface area contributed by atoms with E-state index in [4.69, 9.17) is 5.11 Å². The van der Waals surface area contributed by atoms with Gasteiger partial charge in [-0.15, -0.1) is 0 Å². The molecule has 0 saturated carbocycles. The fraction of sp³-hybridized carbons (Fsp3) is 0.455. The number of aliphatic hydroxyl groups is 1. The average molecular weight is 224 g/mol. The van der Waals surface area contributed by atoms with Crippen LogP contribution in [0.25, 0.3) is 0 Å². The molecule has 16 heavy (non-hydrogen) atoms. The van der Waals surface area contributed by atoms with Gasteiger partial charge in [0.05, 0.1) is 13.2 Å². The second-order valence-corrected chi connectivity index (χ2v) is 3.46. The van der Waals surface area contributed by atoms with Gasteiger partial charge in [0.1, 0.15) is 11.4 Å². The van der Waals surface area contributed by atoms with Gasteiger partial charge >= 0.3 is 5.97 Å². The van der Waals surface area contributed by atoms with E-state index >= 15 is 0 Å². The molecule has 5 nitrogen and oxygen atoms in total. The fourth-order valence-electron chi connectivity index (χ4n) is 1.22. The van der Waals surface area contributed by atoms with Crippen LogP contribution in [0.15, 0.2) is 18.3 Å². The summed E-state index contributed by atoms with van der Waals surface area (Å²) < 4.78 is 4.64. The molecule has 0 saturated heterocycles. The largest absolute Gasteiger partial charge is 0.465 e. The van der Waals surface area contributed by atoms with E-state index in [9.17, 15) is 4.79 Å². The summed E-state index contributed by atoms with van der Waals surface area (Å²) in [7, 11) is 1.33. The fourth-order valence-corrected chi connectivity index (χ4v) is 1.22. The first-order chi connectivity index (χ1) is 7.65. The first-order valence-corrected chi connectivity index (χ1v) is 5.10. The molecule has 0 aliphatic carbocycles. The second-order valence-electron chi connectivity index (χ2n) is 3.46. The Hall–Kier alpha value is -1.62. The van der Waals surface area contributed by atoms with Crippen molar-refractivity contribution in [1.82, 2.24) is 4.98 Å². The summed E-state index contributed by atoms with van der Waals surface area (Å²) in [5.74, 6) is 0.0580. The van der Waals surface area contributed by atoms with Crippen molar-refractivity contribution >= 4 is 11.8 Å². The number of anilines is 1. The molecule has 0 aliphatic heterocycles. The lowest BCUT2D eigenvalue weighted by molar-refractivity contribution is 0.0601. The normalized spacial score (nSPS) is 11.9. The summed E-state index contributed by atoms with van der Waals surface area (Å²) in [5, 5.41) is 12.1. The molecule has 0 fully saturated rings. The van der Waals surface area contributed by atoms with Crippen LogP contribution < -0.4 is 5.32 Å². The van der Waals surface area contributed by atoms with Gasteiger partial charge < -0.3 is 15.2 Å². The third-order valence-electron chi connectivity index (χ3n) is 2.07. The van der Waals surface area contributed by atoms with Crippen LogP contribution in [0.2, 0.25) is 0 Å². The van der Waals surface area contributed by atoms with Gasteiger partial charge in [0.15, 0.2) is 0 Å². The van der Waals surface area contributed by atoms with Crippen molar-refractivity contribution in [3.63, 3.8) is 0 Å². The van der Waals surface area contributed by atoms with Gasteiger partial charge in [-0.1, -0.05) is 0 Å². The van der Waals surface area contributed by atoms with E-state index < -0.39 is 5.97 Å². The van der Waals surface area contributed by atoms with Crippen molar-refractivity contribution in [3.05, 3.63) is 23.9 Å². The van der Waals surface area contributed by atoms with E-state index in [1.165, 1.54) is 7.11 Å². The molecule has 1 rings (SSSR count). The Morgan fingerprint density at radius 3 is 3.06 bits per heavy atom. The molecule has 1 atom stereocenters. The molecule has 1 heterocycles. The van der Waals surface area contributed by atoms with Gasteiger partial charge in [-0.25, -0.2) is 9.78 Å². The molecule has 0 spiro atoms. The Morgan fingerprint density at radius 1 is 1.69 bits per heavy atom. The minimum Gasteiger partial charge on any atom is -0.465 e. The van der Waals surface area contributed by atoms with Crippen LogP contribution in [0.5, 0.6) is 0 Å². The molecule has 0 aliphatic rings. The van der Waals surface area contributed by atoms with E-state index in [1.807, 2.05) is 0 Å². The van der Waals surface area contributed by atoms with Gasteiger partial charge in [-0.3, -0.25) is 0 Å². The molecular weight excluding hydrogens is 208 g/mol. The molecule has 1 unspecified atom stereocenters. The van der Waals surface area contributed by atoms with E-state index in [0.29, 0.717) is 24.3 Å². The number of nitrogens with zero attached hydrogens (tertiary/aromatic N) is 1. The summed E-state index contributed by atoms with van der Waals surface area (Å²) in [6, 6.07) is 3.32. The van der Waals surface area contributed by atoms with Crippen LogP contribution in [0.1, 0.15) is 23.7 Å². The molecule has 0 radical (unpaired) electrons. The monoisotopic (exact) mass is 224 g/mol. The number of pyridine rings is 1. The van der Waals surface area contributed by atoms with E-state index in [-0.39, 0.29) is 6.10 Å². The Balaban J connectivity index is 2.67. The smallest absolute Gasteiger partial charge is 0.341 e. The Bertz CT molecular complexity index is 353. The zero-order valence-electron chi connectivity index (χ0n) is 9.43. The maximum Gasteiger partial charge on any atom is 0.341 e. The minimum absolute atomic E-state index is 0.377. The number of hydrogen-bond acceptors (Lipinski definition) is 5. The summed E-state index contributed by atoms with van der Waals surface area (Å²) in [6.45, 7) is 2.26. The number of esters is 1. The summed E-state index contributed by atoms with van der Waals surface area (Å²) in [6.07, 6.45) is 1.81. The van der Waals surface area contributed by atoms with Gasteiger partial charge in [-0.2, -0.15) is 0 Å². The van der Waals surface area contributed by atoms with Crippen LogP contribution in [0, 0.1) is 0 Å². The number of aliphatic hydroxyl groups excluding tert-OH is 1. The Morgan fingerprint density at radius 2 is 2.44 bits per heavy atom. The van der Waals surface area contributed by atoms with E-state index in [1.54, 1.807) is 25.3 Å². The number of nitrogens with one attached hydrogen (secondary N) is 1. The lowest BCUT2D eigenvalue weighted by atomic mass is 10.2. The number of ether oxygens (including phenoxy) is 1. The Kier molecular flexibility index (Phi) is 4.72. The number of methoxy groups -OCH3 is 1. The second kappa shape index (κ2) is 6.07. The van der Waals surface area contributed by atoms with Crippen LogP contribution in [0.4, 0.5) is 5.82 Å². The standard InChI is InChI=1S/C11H16N2O3/c1-8(14)5-7-13-10-9(11(15)16-2)4-3-6-12-10/h3-4,6,8,14H,5,7H2,1-2H3,(H,12,13). The molecule has 1 aromatic rings. The maximum atomic E-state index is 11.4. The predicted molar refractivity (Wildman–Crippen MR) is 60.4 cm³/mol. The van der Waals surface area contributed by atoms with Crippen molar-refractivity contribution in [2.24, 2.45) is 0 Å². The zero-order chi connectivity index (χ0) is 12.0. The third-order valence-corrected chi connectivity index (χ3v) is 2.07. The molecule has 2 N–H and O–H groups in total. The van der Waals surface area contributed by atoms with Crippen LogP contribution in [-0.4, -0.2) is 35.8 Å². The minimum atomic E-state index is -0.423. The van der Waals surface area contributed by atoms with Gasteiger partial charge in [-0.05, 0) is 25.5 Å². The average Bonchev–Trinajstić information content (AvgIpc) is 2.28. The van der Waals surface area contributed by atoms with Crippen molar-refractivity contribution in [2.75, 3.05) is 19.0 Å². The quantitative estimate of drug-likeness (QED) is 0.731. The molecule has 5 heteroatoms. The van der Waals surface area contributed by atoms with E-state index in [0.717, 1.165) is 0 Å². The van der Waals surface area contributed by atoms with Crippen molar-refractivity contribution < 1.29 is 14.6 Å². The van der Waals surface area contributed by atoms with Gasteiger partial charge in [0.25, 0.3) is 0 Å². The highest BCUT2D eigenvalue weighted by Crippen LogP contribution is 2.12. The van der Waals surface area contributed by atoms with Crippen LogP contribution in [-0.2, 0) is 4.74 Å². The highest BCUT2D eigenvalue weighted by molar-refractivity contribution is 5.94. The molecule has 0 bridgehead atoms. The zero-order valence-corrected chi connectivity index (χ0v) is 9.43. The van der Waals surface area contributed by atoms with Crippen LogP contribution >= 0.6 is 0 Å². The van der Waals surface area contributed by atoms with Crippen molar-refractivity contribution in [1.29, 1.82) is 0 Å². The highest BCUT2D eigenvalue weighted by Gasteiger charge is 2.11. The maximum absolute atomic E-state index is 11.4. The Labute approximate surface area is 94.5 Å². The number of aromatic nitrogens is 1. The number of carbonyl (C=O) groups excluding carboxylic acids is 1. The number of hydrogen-bond donors (Lipinski definition) is 2. The summed E-state index contributed by atoms with van der Waals surface area (Å²) in [5.41, 5.74) is 0.399. The lowest BCUT2D eigenvalue weighted by Gasteiger charge is -2.10. The summed E-state index contributed by atoms with van der Waals surface area (Å²) >= 11 is 0. The molecule has 1 aromatic heterocycles. The predicted octanol–water partition coefficient (Wildman–Crippen LogP) is 1.05. The first-order valence-electron chi connectivity index (χ1n) is 5.10. The first kappa shape index (κ1) is 12.4. The molecular formula is C11H16N2O3.